The summed E-state index contributed by atoms with van der Waals surface area (Å²) < 4.78 is 5.48. The third-order valence-corrected chi connectivity index (χ3v) is 9.21. The molecule has 26 heavy (non-hydrogen) atoms. The zero-order valence-corrected chi connectivity index (χ0v) is 16.7. The fourth-order valence-corrected chi connectivity index (χ4v) is 8.12. The Morgan fingerprint density at radius 1 is 1.15 bits per heavy atom. The molecule has 146 valence electrons. The second-order valence-corrected chi connectivity index (χ2v) is 10.3. The summed E-state index contributed by atoms with van der Waals surface area (Å²) in [6, 6.07) is 0. The maximum Gasteiger partial charge on any atom is 0.302 e. The molecule has 4 fully saturated rings. The van der Waals surface area contributed by atoms with Gasteiger partial charge >= 0.3 is 5.97 Å². The molecule has 1 spiro atoms. The third kappa shape index (κ3) is 2.17. The minimum absolute atomic E-state index is 0.00571. The summed E-state index contributed by atoms with van der Waals surface area (Å²) in [6.07, 6.45) is 6.68. The Labute approximate surface area is 157 Å². The molecule has 0 aliphatic heterocycles. The Balaban J connectivity index is 1.71. The highest BCUT2D eigenvalue weighted by molar-refractivity contribution is 5.91. The molecule has 4 aliphatic carbocycles. The predicted molar refractivity (Wildman–Crippen MR) is 98.2 cm³/mol. The molecule has 0 aromatic rings. The number of carbonyl (C=O) groups excluding carboxylic acids is 2. The summed E-state index contributed by atoms with van der Waals surface area (Å²) in [5, 5.41) is 11.2. The highest BCUT2D eigenvalue weighted by atomic mass is 16.5. The smallest absolute Gasteiger partial charge is 0.302 e. The molecule has 2 bridgehead atoms. The van der Waals surface area contributed by atoms with Crippen LogP contribution < -0.4 is 0 Å². The molecule has 1 unspecified atom stereocenters. The van der Waals surface area contributed by atoms with Crippen molar-refractivity contribution in [3.05, 3.63) is 0 Å². The number of Topliss-reactive ketones (excluding diaryl/α,β-unsaturated/α-hetero) is 1. The van der Waals surface area contributed by atoms with Crippen molar-refractivity contribution in [1.82, 2.24) is 0 Å². The van der Waals surface area contributed by atoms with Crippen LogP contribution in [0, 0.1) is 39.9 Å². The molecular weight excluding hydrogens is 328 g/mol. The second-order valence-electron chi connectivity index (χ2n) is 10.3. The summed E-state index contributed by atoms with van der Waals surface area (Å²) in [7, 11) is 0. The number of aliphatic hydroxyl groups is 1. The number of rotatable bonds is 2. The lowest BCUT2D eigenvalue weighted by Crippen LogP contribution is -2.62. The Morgan fingerprint density at radius 2 is 1.88 bits per heavy atom. The number of carbonyl (C=O) groups is 2. The lowest BCUT2D eigenvalue weighted by Gasteiger charge is -2.64. The van der Waals surface area contributed by atoms with Gasteiger partial charge < -0.3 is 9.84 Å². The Kier molecular flexibility index (Phi) is 4.12. The van der Waals surface area contributed by atoms with Gasteiger partial charge in [0.2, 0.25) is 0 Å². The number of esters is 1. The van der Waals surface area contributed by atoms with Gasteiger partial charge in [0.25, 0.3) is 0 Å². The van der Waals surface area contributed by atoms with Gasteiger partial charge in [0, 0.05) is 18.3 Å². The van der Waals surface area contributed by atoms with Gasteiger partial charge in [-0.3, -0.25) is 9.59 Å². The molecule has 0 radical (unpaired) electrons. The van der Waals surface area contributed by atoms with Crippen LogP contribution in [0.2, 0.25) is 0 Å². The average molecular weight is 363 g/mol. The van der Waals surface area contributed by atoms with Crippen molar-refractivity contribution in [2.45, 2.75) is 78.7 Å². The van der Waals surface area contributed by atoms with E-state index in [1.165, 1.54) is 6.92 Å². The molecule has 4 heteroatoms. The van der Waals surface area contributed by atoms with Crippen molar-refractivity contribution in [3.63, 3.8) is 0 Å². The number of ketones is 1. The van der Waals surface area contributed by atoms with Crippen molar-refractivity contribution in [1.29, 1.82) is 0 Å². The van der Waals surface area contributed by atoms with Gasteiger partial charge in [0.15, 0.2) is 0 Å². The van der Waals surface area contributed by atoms with Crippen LogP contribution in [0.5, 0.6) is 0 Å². The molecular formula is C22H34O4. The first kappa shape index (κ1) is 18.5. The minimum atomic E-state index is -0.507. The topological polar surface area (TPSA) is 63.6 Å². The average Bonchev–Trinajstić information content (AvgIpc) is 2.69. The van der Waals surface area contributed by atoms with E-state index in [2.05, 4.69) is 13.8 Å². The van der Waals surface area contributed by atoms with E-state index in [9.17, 15) is 14.7 Å². The fourth-order valence-electron chi connectivity index (χ4n) is 8.12. The Bertz CT molecular complexity index is 630. The molecule has 4 saturated carbocycles. The highest BCUT2D eigenvalue weighted by Crippen LogP contribution is 2.71. The number of fused-ring (bicyclic) bond motifs is 3. The number of hydrogen-bond donors (Lipinski definition) is 1. The van der Waals surface area contributed by atoms with E-state index in [0.717, 1.165) is 44.9 Å². The van der Waals surface area contributed by atoms with E-state index in [4.69, 9.17) is 4.74 Å². The summed E-state index contributed by atoms with van der Waals surface area (Å²) in [5.41, 5.74) is -0.473. The third-order valence-electron chi connectivity index (χ3n) is 9.21. The van der Waals surface area contributed by atoms with Gasteiger partial charge in [-0.2, -0.15) is 0 Å². The first-order chi connectivity index (χ1) is 12.2. The predicted octanol–water partition coefficient (Wildman–Crippen LogP) is 3.75. The Hall–Kier alpha value is -0.900. The van der Waals surface area contributed by atoms with Crippen molar-refractivity contribution in [2.24, 2.45) is 39.9 Å². The first-order valence-electron chi connectivity index (χ1n) is 10.5. The molecule has 4 nitrogen and oxygen atoms in total. The molecule has 4 aliphatic rings. The van der Waals surface area contributed by atoms with Crippen LogP contribution in [0.3, 0.4) is 0 Å². The first-order valence-corrected chi connectivity index (χ1v) is 10.5. The lowest BCUT2D eigenvalue weighted by atomic mass is 9.40. The monoisotopic (exact) mass is 362 g/mol. The van der Waals surface area contributed by atoms with Crippen molar-refractivity contribution < 1.29 is 19.4 Å². The molecule has 0 heterocycles. The van der Waals surface area contributed by atoms with Crippen molar-refractivity contribution >= 4 is 11.8 Å². The summed E-state index contributed by atoms with van der Waals surface area (Å²) in [6.45, 7) is 8.65. The van der Waals surface area contributed by atoms with E-state index < -0.39 is 11.5 Å². The normalized spacial score (nSPS) is 53.0. The summed E-state index contributed by atoms with van der Waals surface area (Å²) in [4.78, 5) is 24.7. The molecule has 4 rings (SSSR count). The quantitative estimate of drug-likeness (QED) is 0.760. The van der Waals surface area contributed by atoms with Gasteiger partial charge in [-0.15, -0.1) is 0 Å². The molecule has 1 N–H and O–H groups in total. The van der Waals surface area contributed by atoms with Gasteiger partial charge in [-0.25, -0.2) is 0 Å². The largest absolute Gasteiger partial charge is 0.465 e. The standard InChI is InChI=1S/C22H34O4/c1-13-15-6-7-17-21(4)10-5-9-20(3,12-26-14(2)23)16(21)8-11-22(17,18(13)24)19(15)25/h13,15-17,19,25H,5-12H2,1-4H3/t13-,15-,16+,17-,19?,20+,21+,22+/m0/s1. The van der Waals surface area contributed by atoms with Crippen LogP contribution >= 0.6 is 0 Å². The summed E-state index contributed by atoms with van der Waals surface area (Å²) in [5.74, 6) is 1.02. The zero-order chi connectivity index (χ0) is 18.9. The SMILES string of the molecule is CC(=O)OC[C@@]1(C)CCC[C@]2(C)[C@@H]1CC[C@]13C(=O)[C@@H](C)[C@H](CC[C@@H]21)C3O. The molecule has 8 atom stereocenters. The zero-order valence-electron chi connectivity index (χ0n) is 16.7. The number of ether oxygens (including phenoxy) is 1. The van der Waals surface area contributed by atoms with Crippen LogP contribution in [0.4, 0.5) is 0 Å². The Morgan fingerprint density at radius 3 is 2.58 bits per heavy atom. The van der Waals surface area contributed by atoms with Crippen LogP contribution in [-0.4, -0.2) is 29.6 Å². The van der Waals surface area contributed by atoms with Gasteiger partial charge in [0.05, 0.1) is 18.1 Å². The summed E-state index contributed by atoms with van der Waals surface area (Å²) >= 11 is 0. The van der Waals surface area contributed by atoms with Crippen LogP contribution in [-0.2, 0) is 14.3 Å². The maximum atomic E-state index is 13.3. The van der Waals surface area contributed by atoms with Gasteiger partial charge in [-0.1, -0.05) is 27.2 Å². The van der Waals surface area contributed by atoms with E-state index in [1.807, 2.05) is 6.92 Å². The minimum Gasteiger partial charge on any atom is -0.465 e. The van der Waals surface area contributed by atoms with Gasteiger partial charge in [-0.05, 0) is 61.7 Å². The van der Waals surface area contributed by atoms with Gasteiger partial charge in [0.1, 0.15) is 5.78 Å². The van der Waals surface area contributed by atoms with Crippen molar-refractivity contribution in [3.8, 4) is 0 Å². The van der Waals surface area contributed by atoms with Crippen LogP contribution in [0.1, 0.15) is 72.6 Å². The van der Waals surface area contributed by atoms with Crippen LogP contribution in [0.15, 0.2) is 0 Å². The lowest BCUT2D eigenvalue weighted by molar-refractivity contribution is -0.196. The fraction of sp³-hybridized carbons (Fsp3) is 0.909. The van der Waals surface area contributed by atoms with E-state index in [1.54, 1.807) is 0 Å². The van der Waals surface area contributed by atoms with Crippen molar-refractivity contribution in [2.75, 3.05) is 6.61 Å². The maximum absolute atomic E-state index is 13.3. The molecule has 0 saturated heterocycles. The number of aliphatic hydroxyl groups excluding tert-OH is 1. The van der Waals surface area contributed by atoms with Crippen LogP contribution in [0.25, 0.3) is 0 Å². The number of hydrogen-bond acceptors (Lipinski definition) is 4. The van der Waals surface area contributed by atoms with E-state index in [-0.39, 0.29) is 34.6 Å². The molecule has 0 aromatic carbocycles. The second kappa shape index (κ2) is 5.80. The molecule has 0 aromatic heterocycles. The highest BCUT2D eigenvalue weighted by Gasteiger charge is 2.71. The van der Waals surface area contributed by atoms with E-state index >= 15 is 0 Å². The van der Waals surface area contributed by atoms with E-state index in [0.29, 0.717) is 18.3 Å². The molecule has 0 amide bonds.